The number of carbonyl (C=O) groups is 1. The number of aliphatic hydroxyl groups excluding tert-OH is 1. The fourth-order valence-electron chi connectivity index (χ4n) is 2.83. The van der Waals surface area contributed by atoms with Crippen LogP contribution in [-0.4, -0.2) is 31.7 Å². The van der Waals surface area contributed by atoms with Gasteiger partial charge in [0.25, 0.3) is 0 Å². The van der Waals surface area contributed by atoms with Gasteiger partial charge in [0.15, 0.2) is 17.3 Å². The predicted molar refractivity (Wildman–Crippen MR) is 88.8 cm³/mol. The number of aliphatic hydroxyl groups is 1. The number of benzene rings is 1. The summed E-state index contributed by atoms with van der Waals surface area (Å²) in [6.07, 6.45) is 4.32. The number of methoxy groups -OCH3 is 2. The lowest BCUT2D eigenvalue weighted by atomic mass is 9.99. The third kappa shape index (κ3) is 4.48. The van der Waals surface area contributed by atoms with Gasteiger partial charge in [-0.05, 0) is 49.4 Å². The molecule has 0 aromatic heterocycles. The Morgan fingerprint density at radius 3 is 2.52 bits per heavy atom. The number of rotatable bonds is 7. The van der Waals surface area contributed by atoms with Crippen LogP contribution < -0.4 is 14.8 Å². The molecule has 1 aromatic carbocycles. The molecule has 0 saturated carbocycles. The van der Waals surface area contributed by atoms with E-state index in [0.717, 1.165) is 36.1 Å². The molecule has 2 N–H and O–H groups in total. The summed E-state index contributed by atoms with van der Waals surface area (Å²) in [7, 11) is 3.18. The van der Waals surface area contributed by atoms with Crippen molar-refractivity contribution in [3.8, 4) is 11.5 Å². The molecule has 1 unspecified atom stereocenters. The Kier molecular flexibility index (Phi) is 6.04. The highest BCUT2D eigenvalue weighted by Gasteiger charge is 2.15. The maximum atomic E-state index is 11.4. The van der Waals surface area contributed by atoms with Gasteiger partial charge in [-0.25, -0.2) is 0 Å². The van der Waals surface area contributed by atoms with E-state index in [-0.39, 0.29) is 5.78 Å². The first-order valence-corrected chi connectivity index (χ1v) is 7.95. The molecule has 1 aromatic rings. The van der Waals surface area contributed by atoms with E-state index in [1.807, 2.05) is 12.1 Å². The van der Waals surface area contributed by atoms with E-state index in [1.165, 1.54) is 0 Å². The molecule has 2 rings (SSSR count). The number of ketones is 1. The monoisotopic (exact) mass is 319 g/mol. The summed E-state index contributed by atoms with van der Waals surface area (Å²) >= 11 is 0. The topological polar surface area (TPSA) is 67.8 Å². The van der Waals surface area contributed by atoms with E-state index in [4.69, 9.17) is 9.47 Å². The fraction of sp³-hybridized carbons (Fsp3) is 0.500. The van der Waals surface area contributed by atoms with Crippen LogP contribution in [-0.2, 0) is 11.2 Å². The first-order chi connectivity index (χ1) is 11.0. The molecular formula is C18H25NO4. The molecule has 126 valence electrons. The lowest BCUT2D eigenvalue weighted by Gasteiger charge is -2.18. The molecule has 0 aliphatic heterocycles. The average Bonchev–Trinajstić information content (AvgIpc) is 2.54. The smallest absolute Gasteiger partial charge is 0.161 e. The number of ether oxygens (including phenoxy) is 2. The molecule has 0 fully saturated rings. The largest absolute Gasteiger partial charge is 0.493 e. The van der Waals surface area contributed by atoms with Crippen LogP contribution in [0, 0.1) is 0 Å². The Bertz CT molecular complexity index is 593. The Morgan fingerprint density at radius 2 is 1.91 bits per heavy atom. The Hall–Kier alpha value is -2.01. The number of hydrogen-bond acceptors (Lipinski definition) is 5. The van der Waals surface area contributed by atoms with E-state index < -0.39 is 6.10 Å². The minimum absolute atomic E-state index is 0.189. The van der Waals surface area contributed by atoms with Gasteiger partial charge in [0.1, 0.15) is 0 Å². The molecular weight excluding hydrogens is 294 g/mol. The van der Waals surface area contributed by atoms with Crippen LogP contribution in [0.1, 0.15) is 43.4 Å². The molecule has 1 atom stereocenters. The van der Waals surface area contributed by atoms with Gasteiger partial charge in [-0.2, -0.15) is 0 Å². The van der Waals surface area contributed by atoms with Gasteiger partial charge in [0.05, 0.1) is 20.3 Å². The number of hydrogen-bond donors (Lipinski definition) is 2. The zero-order chi connectivity index (χ0) is 16.8. The molecule has 1 aliphatic rings. The molecule has 5 nitrogen and oxygen atoms in total. The summed E-state index contributed by atoms with van der Waals surface area (Å²) in [5, 5.41) is 13.3. The summed E-state index contributed by atoms with van der Waals surface area (Å²) in [5.41, 5.74) is 2.84. The zero-order valence-corrected chi connectivity index (χ0v) is 14.0. The van der Waals surface area contributed by atoms with Crippen LogP contribution in [0.5, 0.6) is 11.5 Å². The predicted octanol–water partition coefficient (Wildman–Crippen LogP) is 2.53. The quantitative estimate of drug-likeness (QED) is 0.808. The summed E-state index contributed by atoms with van der Waals surface area (Å²) in [6.45, 7) is 2.44. The molecule has 0 spiro atoms. The highest BCUT2D eigenvalue weighted by molar-refractivity contribution is 5.91. The molecule has 5 heteroatoms. The lowest BCUT2D eigenvalue weighted by Crippen LogP contribution is -2.21. The van der Waals surface area contributed by atoms with Crippen molar-refractivity contribution in [2.45, 2.75) is 38.7 Å². The maximum Gasteiger partial charge on any atom is 0.161 e. The molecule has 0 amide bonds. The van der Waals surface area contributed by atoms with Crippen LogP contribution in [0.2, 0.25) is 0 Å². The fourth-order valence-corrected chi connectivity index (χ4v) is 2.83. The van der Waals surface area contributed by atoms with E-state index in [2.05, 4.69) is 5.32 Å². The highest BCUT2D eigenvalue weighted by atomic mass is 16.5. The summed E-state index contributed by atoms with van der Waals surface area (Å²) in [6, 6.07) is 3.73. The van der Waals surface area contributed by atoms with Crippen molar-refractivity contribution in [2.75, 3.05) is 20.8 Å². The molecule has 1 aliphatic carbocycles. The Morgan fingerprint density at radius 1 is 1.22 bits per heavy atom. The minimum Gasteiger partial charge on any atom is -0.493 e. The number of nitrogens with one attached hydrogen (secondary N) is 1. The molecule has 0 radical (unpaired) electrons. The van der Waals surface area contributed by atoms with Crippen LogP contribution in [0.25, 0.3) is 0 Å². The van der Waals surface area contributed by atoms with Gasteiger partial charge >= 0.3 is 0 Å². The molecule has 0 heterocycles. The summed E-state index contributed by atoms with van der Waals surface area (Å²) < 4.78 is 10.6. The van der Waals surface area contributed by atoms with Crippen molar-refractivity contribution in [3.05, 3.63) is 35.0 Å². The van der Waals surface area contributed by atoms with Crippen LogP contribution in [0.15, 0.2) is 23.9 Å². The van der Waals surface area contributed by atoms with E-state index in [9.17, 15) is 9.90 Å². The van der Waals surface area contributed by atoms with Crippen LogP contribution in [0.3, 0.4) is 0 Å². The van der Waals surface area contributed by atoms with E-state index >= 15 is 0 Å². The third-order valence-corrected chi connectivity index (χ3v) is 4.05. The van der Waals surface area contributed by atoms with Gasteiger partial charge in [0, 0.05) is 24.7 Å². The second-order valence-electron chi connectivity index (χ2n) is 5.75. The average molecular weight is 319 g/mol. The maximum absolute atomic E-state index is 11.4. The molecule has 23 heavy (non-hydrogen) atoms. The number of carbonyl (C=O) groups excluding carboxylic acids is 1. The minimum atomic E-state index is -0.583. The van der Waals surface area contributed by atoms with E-state index in [0.29, 0.717) is 24.5 Å². The van der Waals surface area contributed by atoms with Crippen molar-refractivity contribution in [1.82, 2.24) is 5.32 Å². The Labute approximate surface area is 137 Å². The second-order valence-corrected chi connectivity index (χ2v) is 5.75. The van der Waals surface area contributed by atoms with Crippen LogP contribution >= 0.6 is 0 Å². The van der Waals surface area contributed by atoms with Crippen molar-refractivity contribution in [3.63, 3.8) is 0 Å². The third-order valence-electron chi connectivity index (χ3n) is 4.05. The van der Waals surface area contributed by atoms with Crippen molar-refractivity contribution in [2.24, 2.45) is 0 Å². The molecule has 0 saturated heterocycles. The van der Waals surface area contributed by atoms with Gasteiger partial charge in [-0.15, -0.1) is 0 Å². The summed E-state index contributed by atoms with van der Waals surface area (Å²) in [4.78, 5) is 11.4. The lowest BCUT2D eigenvalue weighted by molar-refractivity contribution is -0.115. The van der Waals surface area contributed by atoms with E-state index in [1.54, 1.807) is 27.2 Å². The SMILES string of the molecule is COc1cc(CCNC2=CC(=O)CCC2)c(C(C)O)cc1OC. The highest BCUT2D eigenvalue weighted by Crippen LogP contribution is 2.33. The summed E-state index contributed by atoms with van der Waals surface area (Å²) in [5.74, 6) is 1.45. The first kappa shape index (κ1) is 17.3. The normalized spacial score (nSPS) is 15.8. The van der Waals surface area contributed by atoms with Gasteiger partial charge < -0.3 is 19.9 Å². The van der Waals surface area contributed by atoms with Crippen molar-refractivity contribution >= 4 is 5.78 Å². The zero-order valence-electron chi connectivity index (χ0n) is 14.0. The molecule has 0 bridgehead atoms. The van der Waals surface area contributed by atoms with Gasteiger partial charge in [0.2, 0.25) is 0 Å². The van der Waals surface area contributed by atoms with Crippen LogP contribution in [0.4, 0.5) is 0 Å². The van der Waals surface area contributed by atoms with Gasteiger partial charge in [-0.3, -0.25) is 4.79 Å². The van der Waals surface area contributed by atoms with Crippen molar-refractivity contribution < 1.29 is 19.4 Å². The standard InChI is InChI=1S/C18H25NO4/c1-12(20)16-11-18(23-3)17(22-2)9-13(16)7-8-19-14-5-4-6-15(21)10-14/h9-12,19-20H,4-8H2,1-3H3. The Balaban J connectivity index is 2.10. The van der Waals surface area contributed by atoms with Gasteiger partial charge in [-0.1, -0.05) is 0 Å². The van der Waals surface area contributed by atoms with Crippen molar-refractivity contribution in [1.29, 1.82) is 0 Å². The second kappa shape index (κ2) is 8.02. The number of allylic oxidation sites excluding steroid dienone is 2. The first-order valence-electron chi connectivity index (χ1n) is 7.95.